The lowest BCUT2D eigenvalue weighted by Gasteiger charge is -2.22. The van der Waals surface area contributed by atoms with Gasteiger partial charge in [-0.2, -0.15) is 0 Å². The summed E-state index contributed by atoms with van der Waals surface area (Å²) >= 11 is 0. The summed E-state index contributed by atoms with van der Waals surface area (Å²) in [6.45, 7) is 2.02. The molecule has 0 atom stereocenters. The molecule has 2 N–H and O–H groups in total. The van der Waals surface area contributed by atoms with Gasteiger partial charge in [0, 0.05) is 6.04 Å². The smallest absolute Gasteiger partial charge is 0.273 e. The normalized spacial score (nSPS) is 22.0. The van der Waals surface area contributed by atoms with Gasteiger partial charge in [0.1, 0.15) is 0 Å². The number of nitrogens with zero attached hydrogens (tertiary/aromatic N) is 3. The van der Waals surface area contributed by atoms with Crippen LogP contribution in [-0.4, -0.2) is 40.0 Å². The van der Waals surface area contributed by atoms with Crippen molar-refractivity contribution >= 4 is 5.91 Å². The highest BCUT2D eigenvalue weighted by molar-refractivity contribution is 5.92. The molecule has 3 rings (SSSR count). The van der Waals surface area contributed by atoms with Gasteiger partial charge in [0.25, 0.3) is 5.91 Å². The third kappa shape index (κ3) is 4.06. The Morgan fingerprint density at radius 2 is 1.77 bits per heavy atom. The predicted molar refractivity (Wildman–Crippen MR) is 84.7 cm³/mol. The fraction of sp³-hybridized carbons (Fsp3) is 0.812. The maximum atomic E-state index is 12.4. The summed E-state index contributed by atoms with van der Waals surface area (Å²) in [5, 5.41) is 14.7. The number of carbonyl (C=O) groups is 1. The Labute approximate surface area is 132 Å². The van der Waals surface area contributed by atoms with E-state index in [-0.39, 0.29) is 5.91 Å². The van der Waals surface area contributed by atoms with Crippen LogP contribution in [0.4, 0.5) is 0 Å². The highest BCUT2D eigenvalue weighted by Gasteiger charge is 2.20. The molecule has 0 spiro atoms. The number of amides is 1. The topological polar surface area (TPSA) is 71.8 Å². The Morgan fingerprint density at radius 1 is 1.09 bits per heavy atom. The highest BCUT2D eigenvalue weighted by atomic mass is 16.2. The van der Waals surface area contributed by atoms with Gasteiger partial charge < -0.3 is 10.6 Å². The number of piperidine rings is 1. The van der Waals surface area contributed by atoms with E-state index in [1.54, 1.807) is 0 Å². The lowest BCUT2D eigenvalue weighted by atomic mass is 9.96. The van der Waals surface area contributed by atoms with Crippen LogP contribution in [0.2, 0.25) is 0 Å². The maximum Gasteiger partial charge on any atom is 0.273 e. The summed E-state index contributed by atoms with van der Waals surface area (Å²) in [5.41, 5.74) is 0.459. The van der Waals surface area contributed by atoms with Crippen LogP contribution in [0.1, 0.15) is 74.3 Å². The van der Waals surface area contributed by atoms with Gasteiger partial charge in [0.2, 0.25) is 0 Å². The van der Waals surface area contributed by atoms with Crippen LogP contribution in [-0.2, 0) is 0 Å². The molecule has 22 heavy (non-hydrogen) atoms. The largest absolute Gasteiger partial charge is 0.348 e. The Kier molecular flexibility index (Phi) is 5.43. The van der Waals surface area contributed by atoms with E-state index >= 15 is 0 Å². The number of hydrogen-bond acceptors (Lipinski definition) is 4. The van der Waals surface area contributed by atoms with Crippen LogP contribution < -0.4 is 10.6 Å². The molecule has 1 aliphatic carbocycles. The van der Waals surface area contributed by atoms with Crippen molar-refractivity contribution in [1.82, 2.24) is 25.6 Å². The van der Waals surface area contributed by atoms with Gasteiger partial charge in [-0.3, -0.25) is 4.79 Å². The molecule has 6 heteroatoms. The van der Waals surface area contributed by atoms with Crippen molar-refractivity contribution in [2.24, 2.45) is 0 Å². The fourth-order valence-corrected chi connectivity index (χ4v) is 3.49. The molecule has 122 valence electrons. The molecule has 1 saturated carbocycles. The van der Waals surface area contributed by atoms with Crippen LogP contribution >= 0.6 is 0 Å². The molecule has 1 aromatic heterocycles. The summed E-state index contributed by atoms with van der Waals surface area (Å²) in [7, 11) is 0. The first-order valence-electron chi connectivity index (χ1n) is 8.76. The fourth-order valence-electron chi connectivity index (χ4n) is 3.49. The summed E-state index contributed by atoms with van der Waals surface area (Å²) in [6.07, 6.45) is 12.4. The maximum absolute atomic E-state index is 12.4. The second-order valence-corrected chi connectivity index (χ2v) is 6.58. The molecule has 1 saturated heterocycles. The lowest BCUT2D eigenvalue weighted by molar-refractivity contribution is 0.0925. The van der Waals surface area contributed by atoms with Crippen molar-refractivity contribution in [3.05, 3.63) is 11.9 Å². The summed E-state index contributed by atoms with van der Waals surface area (Å²) < 4.78 is 1.87. The molecular formula is C16H27N5O. The minimum absolute atomic E-state index is 0.0641. The molecule has 1 aliphatic heterocycles. The monoisotopic (exact) mass is 305 g/mol. The van der Waals surface area contributed by atoms with E-state index in [4.69, 9.17) is 0 Å². The van der Waals surface area contributed by atoms with Crippen molar-refractivity contribution in [1.29, 1.82) is 0 Å². The minimum atomic E-state index is -0.0641. The van der Waals surface area contributed by atoms with Gasteiger partial charge in [-0.1, -0.05) is 37.3 Å². The zero-order chi connectivity index (χ0) is 15.2. The number of aromatic nitrogens is 3. The quantitative estimate of drug-likeness (QED) is 0.896. The van der Waals surface area contributed by atoms with Gasteiger partial charge in [-0.15, -0.1) is 5.10 Å². The Morgan fingerprint density at radius 3 is 2.50 bits per heavy atom. The number of rotatable bonds is 3. The minimum Gasteiger partial charge on any atom is -0.348 e. The molecule has 2 aliphatic rings. The van der Waals surface area contributed by atoms with Crippen molar-refractivity contribution < 1.29 is 4.79 Å². The second-order valence-electron chi connectivity index (χ2n) is 6.58. The SMILES string of the molecule is O=C(NC1CCCCCCC1)c1cn(C2CCNCC2)nn1. The third-order valence-electron chi connectivity index (χ3n) is 4.87. The molecule has 1 amide bonds. The Hall–Kier alpha value is -1.43. The molecule has 1 aromatic rings. The molecule has 0 aromatic carbocycles. The molecule has 6 nitrogen and oxygen atoms in total. The van der Waals surface area contributed by atoms with Crippen LogP contribution in [0.5, 0.6) is 0 Å². The molecule has 0 unspecified atom stereocenters. The first kappa shape index (κ1) is 15.5. The zero-order valence-corrected chi connectivity index (χ0v) is 13.3. The highest BCUT2D eigenvalue weighted by Crippen LogP contribution is 2.19. The number of carbonyl (C=O) groups excluding carboxylic acids is 1. The lowest BCUT2D eigenvalue weighted by Crippen LogP contribution is -2.35. The summed E-state index contributed by atoms with van der Waals surface area (Å²) in [5.74, 6) is -0.0641. The zero-order valence-electron chi connectivity index (χ0n) is 13.3. The molecule has 0 bridgehead atoms. The number of nitrogens with one attached hydrogen (secondary N) is 2. The van der Waals surface area contributed by atoms with E-state index in [0.29, 0.717) is 17.8 Å². The standard InChI is InChI=1S/C16H27N5O/c22-16(18-13-6-4-2-1-3-5-7-13)15-12-21(20-19-15)14-8-10-17-11-9-14/h12-14,17H,1-11H2,(H,18,22). The van der Waals surface area contributed by atoms with Gasteiger partial charge in [-0.25, -0.2) is 4.68 Å². The van der Waals surface area contributed by atoms with E-state index in [2.05, 4.69) is 20.9 Å². The first-order chi connectivity index (χ1) is 10.8. The predicted octanol–water partition coefficient (Wildman–Crippen LogP) is 2.05. The first-order valence-corrected chi connectivity index (χ1v) is 8.76. The van der Waals surface area contributed by atoms with Crippen molar-refractivity contribution in [2.45, 2.75) is 69.9 Å². The van der Waals surface area contributed by atoms with Crippen molar-refractivity contribution in [3.8, 4) is 0 Å². The van der Waals surface area contributed by atoms with E-state index in [1.807, 2.05) is 10.9 Å². The van der Waals surface area contributed by atoms with Crippen LogP contribution in [0, 0.1) is 0 Å². The van der Waals surface area contributed by atoms with Crippen molar-refractivity contribution in [3.63, 3.8) is 0 Å². The molecule has 2 heterocycles. The summed E-state index contributed by atoms with van der Waals surface area (Å²) in [6, 6.07) is 0.675. The van der Waals surface area contributed by atoms with Gasteiger partial charge >= 0.3 is 0 Å². The molecule has 0 radical (unpaired) electrons. The second kappa shape index (κ2) is 7.72. The van der Waals surface area contributed by atoms with Gasteiger partial charge in [-0.05, 0) is 38.8 Å². The van der Waals surface area contributed by atoms with E-state index in [1.165, 1.54) is 32.1 Å². The van der Waals surface area contributed by atoms with E-state index in [0.717, 1.165) is 38.8 Å². The number of hydrogen-bond donors (Lipinski definition) is 2. The van der Waals surface area contributed by atoms with Gasteiger partial charge in [0.15, 0.2) is 5.69 Å². The Balaban J connectivity index is 1.56. The average Bonchev–Trinajstić information content (AvgIpc) is 3.01. The average molecular weight is 305 g/mol. The van der Waals surface area contributed by atoms with Crippen LogP contribution in [0.3, 0.4) is 0 Å². The molecule has 2 fully saturated rings. The van der Waals surface area contributed by atoms with E-state index < -0.39 is 0 Å². The van der Waals surface area contributed by atoms with Gasteiger partial charge in [0.05, 0.1) is 12.2 Å². The Bertz CT molecular complexity index is 473. The van der Waals surface area contributed by atoms with Crippen molar-refractivity contribution in [2.75, 3.05) is 13.1 Å². The summed E-state index contributed by atoms with van der Waals surface area (Å²) in [4.78, 5) is 12.4. The molecular weight excluding hydrogens is 278 g/mol. The van der Waals surface area contributed by atoms with Crippen LogP contribution in [0.25, 0.3) is 0 Å². The van der Waals surface area contributed by atoms with Crippen LogP contribution in [0.15, 0.2) is 6.20 Å². The third-order valence-corrected chi connectivity index (χ3v) is 4.87. The van der Waals surface area contributed by atoms with E-state index in [9.17, 15) is 4.79 Å².